The van der Waals surface area contributed by atoms with Crippen LogP contribution >= 0.6 is 0 Å². The summed E-state index contributed by atoms with van der Waals surface area (Å²) in [6.45, 7) is 8.34. The van der Waals surface area contributed by atoms with Crippen molar-refractivity contribution in [2.75, 3.05) is 0 Å². The number of esters is 1. The number of hydrogen-bond acceptors (Lipinski definition) is 3. The monoisotopic (exact) mass is 184 g/mol. The van der Waals surface area contributed by atoms with Gasteiger partial charge in [0.2, 0.25) is 0 Å². The number of allylic oxidation sites excluding steroid dienone is 1. The Morgan fingerprint density at radius 3 is 1.92 bits per heavy atom. The Labute approximate surface area is 78.8 Å². The molecule has 0 aromatic rings. The third-order valence-electron chi connectivity index (χ3n) is 1.30. The molecule has 0 saturated heterocycles. The van der Waals surface area contributed by atoms with Crippen LogP contribution in [0.25, 0.3) is 0 Å². The summed E-state index contributed by atoms with van der Waals surface area (Å²) in [5, 5.41) is 0. The maximum absolute atomic E-state index is 11.1. The second kappa shape index (κ2) is 4.21. The van der Waals surface area contributed by atoms with Crippen molar-refractivity contribution in [1.29, 1.82) is 0 Å². The molecule has 74 valence electrons. The van der Waals surface area contributed by atoms with Gasteiger partial charge in [-0.15, -0.1) is 0 Å². The normalized spacial score (nSPS) is 12.5. The largest absolute Gasteiger partial charge is 0.457 e. The molecule has 0 bridgehead atoms. The Bertz CT molecular complexity index is 243. The Hall–Kier alpha value is -1.12. The summed E-state index contributed by atoms with van der Waals surface area (Å²) in [4.78, 5) is 21.9. The van der Waals surface area contributed by atoms with Crippen molar-refractivity contribution in [3.05, 3.63) is 11.6 Å². The maximum Gasteiger partial charge on any atom is 0.331 e. The van der Waals surface area contributed by atoms with Gasteiger partial charge in [-0.2, -0.15) is 0 Å². The van der Waals surface area contributed by atoms with E-state index >= 15 is 0 Å². The van der Waals surface area contributed by atoms with Gasteiger partial charge >= 0.3 is 5.97 Å². The summed E-state index contributed by atoms with van der Waals surface area (Å²) in [6, 6.07) is 0. The molecule has 0 aliphatic rings. The summed E-state index contributed by atoms with van der Waals surface area (Å²) in [6.07, 6.45) is 1.22. The van der Waals surface area contributed by atoms with E-state index in [1.165, 1.54) is 13.0 Å². The van der Waals surface area contributed by atoms with Crippen LogP contribution in [0.15, 0.2) is 11.6 Å². The first kappa shape index (κ1) is 11.9. The number of ether oxygens (including phenoxy) is 1. The van der Waals surface area contributed by atoms with Crippen LogP contribution in [0, 0.1) is 0 Å². The Morgan fingerprint density at radius 2 is 1.62 bits per heavy atom. The standard InChI is InChI=1S/C10H16O3/c1-7(8(2)11)6-9(12)13-10(3,4)5/h6H,1-5H3/b7-6+. The van der Waals surface area contributed by atoms with Crippen LogP contribution in [0.5, 0.6) is 0 Å². The van der Waals surface area contributed by atoms with Crippen LogP contribution in [-0.2, 0) is 14.3 Å². The molecule has 3 heteroatoms. The number of hydrogen-bond donors (Lipinski definition) is 0. The number of Topliss-reactive ketones (excluding diaryl/α,β-unsaturated/α-hetero) is 1. The molecule has 0 heterocycles. The van der Waals surface area contributed by atoms with E-state index in [1.54, 1.807) is 27.7 Å². The summed E-state index contributed by atoms with van der Waals surface area (Å²) >= 11 is 0. The minimum absolute atomic E-state index is 0.120. The van der Waals surface area contributed by atoms with Crippen LogP contribution in [0.3, 0.4) is 0 Å². The van der Waals surface area contributed by atoms with Gasteiger partial charge in [0.25, 0.3) is 0 Å². The molecule has 0 unspecified atom stereocenters. The first-order chi connectivity index (χ1) is 5.72. The predicted octanol–water partition coefficient (Wildman–Crippen LogP) is 1.86. The van der Waals surface area contributed by atoms with Crippen molar-refractivity contribution in [2.45, 2.75) is 40.2 Å². The van der Waals surface area contributed by atoms with Crippen molar-refractivity contribution in [3.8, 4) is 0 Å². The first-order valence-electron chi connectivity index (χ1n) is 4.14. The minimum Gasteiger partial charge on any atom is -0.457 e. The maximum atomic E-state index is 11.1. The van der Waals surface area contributed by atoms with Gasteiger partial charge in [0.05, 0.1) is 0 Å². The first-order valence-corrected chi connectivity index (χ1v) is 4.14. The van der Waals surface area contributed by atoms with E-state index in [-0.39, 0.29) is 5.78 Å². The molecule has 0 amide bonds. The lowest BCUT2D eigenvalue weighted by Gasteiger charge is -2.18. The third-order valence-corrected chi connectivity index (χ3v) is 1.30. The lowest BCUT2D eigenvalue weighted by molar-refractivity contribution is -0.148. The molecule has 0 saturated carbocycles. The number of rotatable bonds is 2. The number of carbonyl (C=O) groups is 2. The molecule has 0 N–H and O–H groups in total. The number of carbonyl (C=O) groups excluding carboxylic acids is 2. The zero-order valence-electron chi connectivity index (χ0n) is 8.80. The third kappa shape index (κ3) is 6.08. The van der Waals surface area contributed by atoms with Gasteiger partial charge in [-0.3, -0.25) is 4.79 Å². The van der Waals surface area contributed by atoms with Gasteiger partial charge < -0.3 is 4.74 Å². The molecule has 3 nitrogen and oxygen atoms in total. The zero-order chi connectivity index (χ0) is 10.6. The van der Waals surface area contributed by atoms with Crippen LogP contribution in [0.2, 0.25) is 0 Å². The van der Waals surface area contributed by atoms with Crippen LogP contribution in [0.1, 0.15) is 34.6 Å². The van der Waals surface area contributed by atoms with Crippen LogP contribution in [-0.4, -0.2) is 17.4 Å². The van der Waals surface area contributed by atoms with Gasteiger partial charge in [-0.05, 0) is 40.2 Å². The second-order valence-corrected chi connectivity index (χ2v) is 3.92. The Balaban J connectivity index is 4.32. The van der Waals surface area contributed by atoms with Crippen molar-refractivity contribution in [3.63, 3.8) is 0 Å². The SMILES string of the molecule is CC(=O)/C(C)=C/C(=O)OC(C)(C)C. The van der Waals surface area contributed by atoms with E-state index in [0.29, 0.717) is 5.57 Å². The molecule has 0 fully saturated rings. The fourth-order valence-corrected chi connectivity index (χ4v) is 0.610. The predicted molar refractivity (Wildman–Crippen MR) is 50.3 cm³/mol. The van der Waals surface area contributed by atoms with Gasteiger partial charge in [0, 0.05) is 6.08 Å². The van der Waals surface area contributed by atoms with Gasteiger partial charge in [-0.1, -0.05) is 0 Å². The quantitative estimate of drug-likeness (QED) is 0.486. The van der Waals surface area contributed by atoms with E-state index in [2.05, 4.69) is 0 Å². The van der Waals surface area contributed by atoms with Crippen LogP contribution < -0.4 is 0 Å². The second-order valence-electron chi connectivity index (χ2n) is 3.92. The molecule has 0 aliphatic carbocycles. The average Bonchev–Trinajstić information content (AvgIpc) is 1.81. The molecule has 0 aromatic heterocycles. The molecule has 13 heavy (non-hydrogen) atoms. The highest BCUT2D eigenvalue weighted by atomic mass is 16.6. The number of ketones is 1. The van der Waals surface area contributed by atoms with E-state index in [1.807, 2.05) is 0 Å². The Kier molecular flexibility index (Phi) is 3.85. The van der Waals surface area contributed by atoms with Crippen molar-refractivity contribution in [1.82, 2.24) is 0 Å². The van der Waals surface area contributed by atoms with Crippen molar-refractivity contribution < 1.29 is 14.3 Å². The molecule has 0 rings (SSSR count). The lowest BCUT2D eigenvalue weighted by atomic mass is 10.2. The van der Waals surface area contributed by atoms with E-state index in [4.69, 9.17) is 4.74 Å². The molecule has 0 radical (unpaired) electrons. The smallest absolute Gasteiger partial charge is 0.331 e. The average molecular weight is 184 g/mol. The highest BCUT2D eigenvalue weighted by molar-refractivity contribution is 5.98. The molecular weight excluding hydrogens is 168 g/mol. The van der Waals surface area contributed by atoms with Crippen LogP contribution in [0.4, 0.5) is 0 Å². The highest BCUT2D eigenvalue weighted by Crippen LogP contribution is 2.08. The molecular formula is C10H16O3. The van der Waals surface area contributed by atoms with E-state index < -0.39 is 11.6 Å². The summed E-state index contributed by atoms with van der Waals surface area (Å²) in [5.41, 5.74) is -0.0979. The minimum atomic E-state index is -0.509. The Morgan fingerprint density at radius 1 is 1.15 bits per heavy atom. The lowest BCUT2D eigenvalue weighted by Crippen LogP contribution is -2.23. The highest BCUT2D eigenvalue weighted by Gasteiger charge is 2.14. The van der Waals surface area contributed by atoms with Gasteiger partial charge in [0.15, 0.2) is 5.78 Å². The topological polar surface area (TPSA) is 43.4 Å². The van der Waals surface area contributed by atoms with E-state index in [0.717, 1.165) is 0 Å². The molecule has 0 aliphatic heterocycles. The van der Waals surface area contributed by atoms with Gasteiger partial charge in [0.1, 0.15) is 5.60 Å². The summed E-state index contributed by atoms with van der Waals surface area (Å²) < 4.78 is 4.99. The molecule has 0 spiro atoms. The van der Waals surface area contributed by atoms with Crippen molar-refractivity contribution in [2.24, 2.45) is 0 Å². The van der Waals surface area contributed by atoms with E-state index in [9.17, 15) is 9.59 Å². The van der Waals surface area contributed by atoms with Gasteiger partial charge in [-0.25, -0.2) is 4.79 Å². The molecule has 0 aromatic carbocycles. The fourth-order valence-electron chi connectivity index (χ4n) is 0.610. The zero-order valence-corrected chi connectivity index (χ0v) is 8.80. The van der Waals surface area contributed by atoms with Crippen molar-refractivity contribution >= 4 is 11.8 Å². The summed E-state index contributed by atoms with van der Waals surface area (Å²) in [5.74, 6) is -0.592. The molecule has 0 atom stereocenters. The summed E-state index contributed by atoms with van der Waals surface area (Å²) in [7, 11) is 0. The fraction of sp³-hybridized carbons (Fsp3) is 0.600.